The minimum atomic E-state index is 0.0189. The van der Waals surface area contributed by atoms with Crippen LogP contribution >= 0.6 is 23.2 Å². The number of anilines is 2. The monoisotopic (exact) mass is 491 g/mol. The first-order valence-electron chi connectivity index (χ1n) is 11.6. The van der Waals surface area contributed by atoms with Crippen molar-refractivity contribution >= 4 is 46.1 Å². The third-order valence-electron chi connectivity index (χ3n) is 6.69. The highest BCUT2D eigenvalue weighted by Gasteiger charge is 2.32. The van der Waals surface area contributed by atoms with Gasteiger partial charge in [0.05, 0.1) is 10.0 Å². The summed E-state index contributed by atoms with van der Waals surface area (Å²) in [6.45, 7) is 4.59. The van der Waals surface area contributed by atoms with Crippen LogP contribution in [0.15, 0.2) is 78.4 Å². The molecule has 0 bridgehead atoms. The molecule has 6 heteroatoms. The predicted octanol–water partition coefficient (Wildman–Crippen LogP) is 5.98. The molecule has 2 aliphatic heterocycles. The smallest absolute Gasteiger partial charge is 0.254 e. The van der Waals surface area contributed by atoms with E-state index in [1.807, 2.05) is 24.3 Å². The fraction of sp³-hybridized carbons (Fsp3) is 0.250. The molecule has 5 rings (SSSR count). The zero-order chi connectivity index (χ0) is 23.7. The van der Waals surface area contributed by atoms with Gasteiger partial charge in [0, 0.05) is 55.2 Å². The molecule has 34 heavy (non-hydrogen) atoms. The molecule has 3 aromatic rings. The summed E-state index contributed by atoms with van der Waals surface area (Å²) in [7, 11) is 2.16. The second-order valence-electron chi connectivity index (χ2n) is 8.83. The molecule has 0 atom stereocenters. The Morgan fingerprint density at radius 2 is 1.50 bits per heavy atom. The fourth-order valence-corrected chi connectivity index (χ4v) is 5.12. The lowest BCUT2D eigenvalue weighted by Gasteiger charge is -2.35. The summed E-state index contributed by atoms with van der Waals surface area (Å²) in [5.41, 5.74) is 5.97. The average molecular weight is 492 g/mol. The van der Waals surface area contributed by atoms with E-state index in [1.54, 1.807) is 17.0 Å². The minimum absolute atomic E-state index is 0.0189. The number of benzene rings is 3. The van der Waals surface area contributed by atoms with E-state index in [0.29, 0.717) is 23.0 Å². The van der Waals surface area contributed by atoms with E-state index in [-0.39, 0.29) is 5.91 Å². The van der Waals surface area contributed by atoms with E-state index in [0.717, 1.165) is 54.1 Å². The van der Waals surface area contributed by atoms with E-state index in [9.17, 15) is 4.79 Å². The lowest BCUT2D eigenvalue weighted by molar-refractivity contribution is -0.114. The predicted molar refractivity (Wildman–Crippen MR) is 142 cm³/mol. The third kappa shape index (κ3) is 4.46. The fourth-order valence-electron chi connectivity index (χ4n) is 4.83. The van der Waals surface area contributed by atoms with Crippen molar-refractivity contribution < 1.29 is 4.79 Å². The van der Waals surface area contributed by atoms with Crippen LogP contribution in [0.1, 0.15) is 17.5 Å². The maximum atomic E-state index is 13.8. The summed E-state index contributed by atoms with van der Waals surface area (Å²) in [4.78, 5) is 20.4. The first-order valence-corrected chi connectivity index (χ1v) is 12.4. The van der Waals surface area contributed by atoms with Crippen LogP contribution in [0.25, 0.3) is 5.57 Å². The molecule has 0 aliphatic carbocycles. The lowest BCUT2D eigenvalue weighted by atomic mass is 9.90. The molecular weight excluding hydrogens is 465 g/mol. The molecule has 2 heterocycles. The van der Waals surface area contributed by atoms with Crippen LogP contribution in [0.3, 0.4) is 0 Å². The van der Waals surface area contributed by atoms with Gasteiger partial charge < -0.3 is 14.7 Å². The van der Waals surface area contributed by atoms with Gasteiger partial charge in [-0.3, -0.25) is 4.79 Å². The number of hydrogen-bond donors (Lipinski definition) is 0. The Morgan fingerprint density at radius 3 is 2.24 bits per heavy atom. The van der Waals surface area contributed by atoms with E-state index < -0.39 is 0 Å². The Hall–Kier alpha value is -2.79. The maximum Gasteiger partial charge on any atom is 0.254 e. The highest BCUT2D eigenvalue weighted by Crippen LogP contribution is 2.39. The summed E-state index contributed by atoms with van der Waals surface area (Å²) in [6.07, 6.45) is 0.667. The van der Waals surface area contributed by atoms with Gasteiger partial charge in [0.25, 0.3) is 5.91 Å². The number of hydrogen-bond acceptors (Lipinski definition) is 3. The molecule has 3 aromatic carbocycles. The Morgan fingerprint density at radius 1 is 0.794 bits per heavy atom. The summed E-state index contributed by atoms with van der Waals surface area (Å²) in [5.74, 6) is 0.0189. The number of rotatable bonds is 4. The van der Waals surface area contributed by atoms with E-state index in [2.05, 4.69) is 53.2 Å². The topological polar surface area (TPSA) is 26.8 Å². The molecular formula is C28H27Cl2N3O. The Balaban J connectivity index is 1.61. The zero-order valence-electron chi connectivity index (χ0n) is 19.2. The second kappa shape index (κ2) is 9.83. The number of likely N-dealkylation sites (N-methyl/N-ethyl adjacent to an activating group) is 1. The molecule has 2 fully saturated rings. The van der Waals surface area contributed by atoms with Gasteiger partial charge in [-0.15, -0.1) is 0 Å². The van der Waals surface area contributed by atoms with Crippen molar-refractivity contribution in [3.8, 4) is 0 Å². The van der Waals surface area contributed by atoms with Crippen LogP contribution in [-0.2, 0) is 4.79 Å². The second-order valence-corrected chi connectivity index (χ2v) is 9.65. The van der Waals surface area contributed by atoms with Crippen molar-refractivity contribution in [2.75, 3.05) is 49.6 Å². The van der Waals surface area contributed by atoms with Crippen LogP contribution in [0.5, 0.6) is 0 Å². The highest BCUT2D eigenvalue weighted by atomic mass is 35.5. The minimum Gasteiger partial charge on any atom is -0.368 e. The molecule has 0 N–H and O–H groups in total. The first-order chi connectivity index (χ1) is 16.5. The molecule has 2 aliphatic rings. The van der Waals surface area contributed by atoms with Crippen LogP contribution < -0.4 is 9.80 Å². The number of para-hydroxylation sites is 1. The summed E-state index contributed by atoms with van der Waals surface area (Å²) < 4.78 is 0. The Kier molecular flexibility index (Phi) is 6.64. The average Bonchev–Trinajstić information content (AvgIpc) is 3.23. The van der Waals surface area contributed by atoms with E-state index >= 15 is 0 Å². The summed E-state index contributed by atoms with van der Waals surface area (Å²) in [6, 6.07) is 24.1. The first kappa shape index (κ1) is 23.0. The number of halogens is 2. The summed E-state index contributed by atoms with van der Waals surface area (Å²) in [5, 5.41) is 0.937. The van der Waals surface area contributed by atoms with Gasteiger partial charge in [-0.05, 0) is 48.9 Å². The number of carbonyl (C=O) groups excluding carboxylic acids is 1. The van der Waals surface area contributed by atoms with Crippen molar-refractivity contribution in [2.45, 2.75) is 6.42 Å². The molecule has 4 nitrogen and oxygen atoms in total. The van der Waals surface area contributed by atoms with Gasteiger partial charge in [-0.1, -0.05) is 71.7 Å². The quantitative estimate of drug-likeness (QED) is 0.419. The largest absolute Gasteiger partial charge is 0.368 e. The molecule has 2 saturated heterocycles. The maximum absolute atomic E-state index is 13.8. The van der Waals surface area contributed by atoms with Crippen LogP contribution in [0.4, 0.5) is 11.4 Å². The van der Waals surface area contributed by atoms with Crippen molar-refractivity contribution in [1.82, 2.24) is 4.90 Å². The van der Waals surface area contributed by atoms with Gasteiger partial charge in [-0.2, -0.15) is 0 Å². The normalized spacial score (nSPS) is 18.5. The third-order valence-corrected chi connectivity index (χ3v) is 7.42. The number of piperazine rings is 1. The Labute approximate surface area is 211 Å². The van der Waals surface area contributed by atoms with Crippen molar-refractivity contribution in [3.05, 3.63) is 99.5 Å². The molecule has 0 radical (unpaired) electrons. The number of amides is 1. The molecule has 0 aromatic heterocycles. The molecule has 0 saturated carbocycles. The molecule has 0 spiro atoms. The van der Waals surface area contributed by atoms with Crippen molar-refractivity contribution in [1.29, 1.82) is 0 Å². The number of carbonyl (C=O) groups is 1. The number of nitrogens with zero attached hydrogens (tertiary/aromatic N) is 3. The van der Waals surface area contributed by atoms with Crippen LogP contribution in [0.2, 0.25) is 10.0 Å². The van der Waals surface area contributed by atoms with Gasteiger partial charge in [0.1, 0.15) is 0 Å². The van der Waals surface area contributed by atoms with Gasteiger partial charge >= 0.3 is 0 Å². The van der Waals surface area contributed by atoms with Gasteiger partial charge in [-0.25, -0.2) is 0 Å². The molecule has 1 amide bonds. The zero-order valence-corrected chi connectivity index (χ0v) is 20.7. The van der Waals surface area contributed by atoms with Crippen molar-refractivity contribution in [2.24, 2.45) is 0 Å². The van der Waals surface area contributed by atoms with Gasteiger partial charge in [0.2, 0.25) is 0 Å². The molecule has 0 unspecified atom stereocenters. The lowest BCUT2D eigenvalue weighted by Crippen LogP contribution is -2.44. The Bertz CT molecular complexity index is 1230. The van der Waals surface area contributed by atoms with Gasteiger partial charge in [0.15, 0.2) is 0 Å². The van der Waals surface area contributed by atoms with Crippen molar-refractivity contribution in [3.63, 3.8) is 0 Å². The van der Waals surface area contributed by atoms with Crippen LogP contribution in [0, 0.1) is 0 Å². The van der Waals surface area contributed by atoms with Crippen LogP contribution in [-0.4, -0.2) is 50.6 Å². The van der Waals surface area contributed by atoms with E-state index in [4.69, 9.17) is 23.2 Å². The SMILES string of the molecule is CN1CCN(c2ccccc2/C(=C2\CCN(c3ccc(Cl)c(Cl)c3)C2=O)c2ccccc2)CC1. The molecule has 174 valence electrons. The van der Waals surface area contributed by atoms with E-state index in [1.165, 1.54) is 5.69 Å². The summed E-state index contributed by atoms with van der Waals surface area (Å²) >= 11 is 12.4. The highest BCUT2D eigenvalue weighted by molar-refractivity contribution is 6.42. The standard InChI is InChI=1S/C28H27Cl2N3O/c1-31-15-17-32(18-16-31)26-10-6-5-9-22(26)27(20-7-3-2-4-8-20)23-13-14-33(28(23)34)21-11-12-24(29)25(30)19-21/h2-12,19H,13-18H2,1H3/b27-23+.